The zero-order chi connectivity index (χ0) is 19.8. The maximum atomic E-state index is 12.9. The summed E-state index contributed by atoms with van der Waals surface area (Å²) >= 11 is 3.45. The van der Waals surface area contributed by atoms with Gasteiger partial charge in [-0.1, -0.05) is 65.7 Å². The highest BCUT2D eigenvalue weighted by Crippen LogP contribution is 2.17. The molecule has 0 unspecified atom stereocenters. The summed E-state index contributed by atoms with van der Waals surface area (Å²) in [5, 5.41) is 3.02. The Morgan fingerprint density at radius 3 is 2.64 bits per heavy atom. The first-order valence-corrected chi connectivity index (χ1v) is 10.4. The Bertz CT molecular complexity index is 892. The van der Waals surface area contributed by atoms with E-state index in [9.17, 15) is 4.79 Å². The summed E-state index contributed by atoms with van der Waals surface area (Å²) < 4.78 is 3.16. The molecule has 0 fully saturated rings. The van der Waals surface area contributed by atoms with Gasteiger partial charge in [-0.3, -0.25) is 0 Å². The molecule has 0 aliphatic rings. The molecule has 0 bridgehead atoms. The van der Waals surface area contributed by atoms with Crippen molar-refractivity contribution in [1.29, 1.82) is 0 Å². The van der Waals surface area contributed by atoms with Crippen LogP contribution in [0.25, 0.3) is 0 Å². The van der Waals surface area contributed by atoms with Crippen molar-refractivity contribution >= 4 is 27.6 Å². The molecule has 146 valence electrons. The van der Waals surface area contributed by atoms with Gasteiger partial charge in [-0.25, -0.2) is 4.79 Å². The summed E-state index contributed by atoms with van der Waals surface area (Å²) in [6.07, 6.45) is 4.10. The molecular formula is C23H26BrN3O. The Balaban J connectivity index is 1.72. The number of nitrogens with one attached hydrogen (secondary N) is 1. The molecule has 3 rings (SSSR count). The lowest BCUT2D eigenvalue weighted by Crippen LogP contribution is -2.36. The van der Waals surface area contributed by atoms with E-state index in [-0.39, 0.29) is 6.03 Å². The molecule has 0 radical (unpaired) electrons. The summed E-state index contributed by atoms with van der Waals surface area (Å²) in [5.41, 5.74) is 3.17. The Morgan fingerprint density at radius 2 is 1.89 bits per heavy atom. The van der Waals surface area contributed by atoms with Gasteiger partial charge >= 0.3 is 6.03 Å². The predicted molar refractivity (Wildman–Crippen MR) is 118 cm³/mol. The Hall–Kier alpha value is -2.53. The van der Waals surface area contributed by atoms with Crippen molar-refractivity contribution in [3.8, 4) is 0 Å². The standard InChI is InChI=1S/C23H26BrN3O/c1-2-3-14-27(23(28)25-21-12-7-11-20(24)16-21)18-22-13-8-15-26(22)17-19-9-5-4-6-10-19/h4-13,15-16H,2-3,14,17-18H2,1H3,(H,25,28). The van der Waals surface area contributed by atoms with Crippen molar-refractivity contribution in [2.45, 2.75) is 32.9 Å². The van der Waals surface area contributed by atoms with Gasteiger partial charge < -0.3 is 14.8 Å². The molecule has 5 heteroatoms. The lowest BCUT2D eigenvalue weighted by Gasteiger charge is -2.24. The quantitative estimate of drug-likeness (QED) is 0.449. The third-order valence-corrected chi connectivity index (χ3v) is 5.11. The van der Waals surface area contributed by atoms with Crippen molar-refractivity contribution in [3.63, 3.8) is 0 Å². The lowest BCUT2D eigenvalue weighted by atomic mass is 10.2. The molecular weight excluding hydrogens is 414 g/mol. The van der Waals surface area contributed by atoms with E-state index >= 15 is 0 Å². The van der Waals surface area contributed by atoms with Crippen molar-refractivity contribution in [2.24, 2.45) is 0 Å². The van der Waals surface area contributed by atoms with Crippen molar-refractivity contribution in [1.82, 2.24) is 9.47 Å². The van der Waals surface area contributed by atoms with Gasteiger partial charge in [0, 0.05) is 35.1 Å². The topological polar surface area (TPSA) is 37.3 Å². The lowest BCUT2D eigenvalue weighted by molar-refractivity contribution is 0.207. The van der Waals surface area contributed by atoms with E-state index in [4.69, 9.17) is 0 Å². The average Bonchev–Trinajstić information content (AvgIpc) is 3.12. The molecule has 0 aliphatic heterocycles. The van der Waals surface area contributed by atoms with Gasteiger partial charge in [0.05, 0.1) is 6.54 Å². The third kappa shape index (κ3) is 5.73. The molecule has 4 nitrogen and oxygen atoms in total. The van der Waals surface area contributed by atoms with E-state index in [1.54, 1.807) is 0 Å². The fourth-order valence-corrected chi connectivity index (χ4v) is 3.49. The number of hydrogen-bond acceptors (Lipinski definition) is 1. The van der Waals surface area contributed by atoms with E-state index in [1.165, 1.54) is 5.56 Å². The van der Waals surface area contributed by atoms with Crippen molar-refractivity contribution in [3.05, 3.63) is 88.7 Å². The number of benzene rings is 2. The van der Waals surface area contributed by atoms with Gasteiger partial charge in [-0.2, -0.15) is 0 Å². The number of halogens is 1. The molecule has 0 saturated carbocycles. The summed E-state index contributed by atoms with van der Waals surface area (Å²) in [4.78, 5) is 14.8. The molecule has 0 atom stereocenters. The van der Waals surface area contributed by atoms with Crippen LogP contribution in [0.2, 0.25) is 0 Å². The summed E-state index contributed by atoms with van der Waals surface area (Å²) in [6.45, 7) is 4.26. The van der Waals surface area contributed by atoms with Crippen LogP contribution in [0.5, 0.6) is 0 Å². The number of rotatable bonds is 8. The molecule has 3 aromatic rings. The number of nitrogens with zero attached hydrogens (tertiary/aromatic N) is 2. The van der Waals surface area contributed by atoms with Crippen LogP contribution in [0.15, 0.2) is 77.4 Å². The van der Waals surface area contributed by atoms with Crippen LogP contribution in [0.1, 0.15) is 31.0 Å². The number of hydrogen-bond donors (Lipinski definition) is 1. The highest BCUT2D eigenvalue weighted by molar-refractivity contribution is 9.10. The predicted octanol–water partition coefficient (Wildman–Crippen LogP) is 6.13. The maximum absolute atomic E-state index is 12.9. The largest absolute Gasteiger partial charge is 0.345 e. The number of urea groups is 1. The highest BCUT2D eigenvalue weighted by atomic mass is 79.9. The van der Waals surface area contributed by atoms with E-state index in [2.05, 4.69) is 69.3 Å². The van der Waals surface area contributed by atoms with Crippen LogP contribution in [0, 0.1) is 0 Å². The second kappa shape index (κ2) is 10.1. The van der Waals surface area contributed by atoms with Crippen LogP contribution < -0.4 is 5.32 Å². The van der Waals surface area contributed by atoms with Gasteiger partial charge in [-0.15, -0.1) is 0 Å². The number of carbonyl (C=O) groups excluding carboxylic acids is 1. The highest BCUT2D eigenvalue weighted by Gasteiger charge is 2.16. The monoisotopic (exact) mass is 439 g/mol. The average molecular weight is 440 g/mol. The molecule has 2 aromatic carbocycles. The summed E-state index contributed by atoms with van der Waals surface area (Å²) in [7, 11) is 0. The number of unbranched alkanes of at least 4 members (excludes halogenated alkanes) is 1. The number of anilines is 1. The van der Waals surface area contributed by atoms with Gasteiger partial charge in [-0.05, 0) is 42.3 Å². The zero-order valence-electron chi connectivity index (χ0n) is 16.1. The number of carbonyl (C=O) groups is 1. The van der Waals surface area contributed by atoms with Gasteiger partial charge in [0.2, 0.25) is 0 Å². The second-order valence-corrected chi connectivity index (χ2v) is 7.74. The molecule has 0 spiro atoms. The van der Waals surface area contributed by atoms with E-state index in [1.807, 2.05) is 41.3 Å². The second-order valence-electron chi connectivity index (χ2n) is 6.83. The fraction of sp³-hybridized carbons (Fsp3) is 0.261. The third-order valence-electron chi connectivity index (χ3n) is 4.62. The minimum Gasteiger partial charge on any atom is -0.345 e. The summed E-state index contributed by atoms with van der Waals surface area (Å²) in [5.74, 6) is 0. The van der Waals surface area contributed by atoms with Gasteiger partial charge in [0.1, 0.15) is 0 Å². The molecule has 0 saturated heterocycles. The van der Waals surface area contributed by atoms with Crippen LogP contribution in [-0.2, 0) is 13.1 Å². The number of aromatic nitrogens is 1. The molecule has 0 aliphatic carbocycles. The van der Waals surface area contributed by atoms with E-state index in [0.29, 0.717) is 6.54 Å². The SMILES string of the molecule is CCCCN(Cc1cccn1Cc1ccccc1)C(=O)Nc1cccc(Br)c1. The molecule has 28 heavy (non-hydrogen) atoms. The van der Waals surface area contributed by atoms with Crippen LogP contribution >= 0.6 is 15.9 Å². The minimum atomic E-state index is -0.0704. The van der Waals surface area contributed by atoms with Crippen molar-refractivity contribution in [2.75, 3.05) is 11.9 Å². The normalized spacial score (nSPS) is 10.6. The molecule has 2 amide bonds. The fourth-order valence-electron chi connectivity index (χ4n) is 3.09. The van der Waals surface area contributed by atoms with Crippen molar-refractivity contribution < 1.29 is 4.79 Å². The van der Waals surface area contributed by atoms with Gasteiger partial charge in [0.15, 0.2) is 0 Å². The zero-order valence-corrected chi connectivity index (χ0v) is 17.7. The maximum Gasteiger partial charge on any atom is 0.322 e. The summed E-state index contributed by atoms with van der Waals surface area (Å²) in [6, 6.07) is 22.1. The van der Waals surface area contributed by atoms with Crippen LogP contribution in [-0.4, -0.2) is 22.0 Å². The first-order valence-electron chi connectivity index (χ1n) is 9.65. The van der Waals surface area contributed by atoms with Crippen LogP contribution in [0.3, 0.4) is 0 Å². The van der Waals surface area contributed by atoms with E-state index in [0.717, 1.165) is 41.8 Å². The Kier molecular flexibility index (Phi) is 7.31. The van der Waals surface area contributed by atoms with E-state index < -0.39 is 0 Å². The molecule has 1 N–H and O–H groups in total. The van der Waals surface area contributed by atoms with Gasteiger partial charge in [0.25, 0.3) is 0 Å². The number of amides is 2. The molecule has 1 heterocycles. The first kappa shape index (κ1) is 20.2. The Morgan fingerprint density at radius 1 is 1.07 bits per heavy atom. The van der Waals surface area contributed by atoms with Crippen LogP contribution in [0.4, 0.5) is 10.5 Å². The minimum absolute atomic E-state index is 0.0704. The Labute approximate surface area is 175 Å². The smallest absolute Gasteiger partial charge is 0.322 e. The molecule has 1 aromatic heterocycles. The first-order chi connectivity index (χ1) is 13.7.